The number of carbonyl (C=O) groups excluding carboxylic acids is 1. The number of nitrogens with one attached hydrogen (secondary N) is 1. The van der Waals surface area contributed by atoms with E-state index in [1.54, 1.807) is 20.8 Å². The number of carbonyl (C=O) groups is 1. The quantitative estimate of drug-likeness (QED) is 0.716. The summed E-state index contributed by atoms with van der Waals surface area (Å²) in [7, 11) is 1.50. The van der Waals surface area contributed by atoms with Crippen molar-refractivity contribution in [2.45, 2.75) is 44.9 Å². The molecule has 2 atom stereocenters. The summed E-state index contributed by atoms with van der Waals surface area (Å²) in [5.74, 6) is 0. The Labute approximate surface area is 137 Å². The lowest BCUT2D eigenvalue weighted by molar-refractivity contribution is -0.0987. The monoisotopic (exact) mass is 325 g/mol. The van der Waals surface area contributed by atoms with Gasteiger partial charge in [-0.3, -0.25) is 0 Å². The fourth-order valence-electron chi connectivity index (χ4n) is 2.05. The largest absolute Gasteiger partial charge is 0.444 e. The van der Waals surface area contributed by atoms with E-state index in [4.69, 9.17) is 14.2 Å². The summed E-state index contributed by atoms with van der Waals surface area (Å²) in [6.07, 6.45) is -0.629. The third kappa shape index (κ3) is 7.97. The second-order valence-electron chi connectivity index (χ2n) is 6.24. The lowest BCUT2D eigenvalue weighted by Crippen LogP contribution is -2.49. The van der Waals surface area contributed by atoms with Crippen LogP contribution in [0.5, 0.6) is 0 Å². The predicted octanol–water partition coefficient (Wildman–Crippen LogP) is 2.10. The number of ether oxygens (including phenoxy) is 3. The maximum Gasteiger partial charge on any atom is 0.407 e. The highest BCUT2D eigenvalue weighted by Crippen LogP contribution is 2.12. The molecule has 0 saturated heterocycles. The fourth-order valence-corrected chi connectivity index (χ4v) is 2.05. The predicted molar refractivity (Wildman–Crippen MR) is 87.1 cm³/mol. The van der Waals surface area contributed by atoms with Crippen LogP contribution in [-0.2, 0) is 20.6 Å². The van der Waals surface area contributed by atoms with Crippen molar-refractivity contribution in [3.63, 3.8) is 0 Å². The number of aliphatic hydroxyl groups is 1. The maximum atomic E-state index is 12.1. The Morgan fingerprint density at radius 2 is 1.91 bits per heavy atom. The first kappa shape index (κ1) is 19.4. The molecule has 0 aliphatic carbocycles. The van der Waals surface area contributed by atoms with Gasteiger partial charge in [0.2, 0.25) is 0 Å². The highest BCUT2D eigenvalue weighted by atomic mass is 16.7. The molecule has 0 unspecified atom stereocenters. The van der Waals surface area contributed by atoms with Gasteiger partial charge in [0.05, 0.1) is 12.6 Å². The number of hydrogen-bond donors (Lipinski definition) is 2. The molecular weight excluding hydrogens is 298 g/mol. The van der Waals surface area contributed by atoms with Gasteiger partial charge in [-0.1, -0.05) is 30.3 Å². The third-order valence-corrected chi connectivity index (χ3v) is 3.03. The van der Waals surface area contributed by atoms with Crippen LogP contribution in [0.2, 0.25) is 0 Å². The van der Waals surface area contributed by atoms with Crippen molar-refractivity contribution < 1.29 is 24.1 Å². The molecule has 0 heterocycles. The maximum absolute atomic E-state index is 12.1. The smallest absolute Gasteiger partial charge is 0.407 e. The minimum absolute atomic E-state index is 0.0342. The minimum Gasteiger partial charge on any atom is -0.444 e. The molecule has 130 valence electrons. The van der Waals surface area contributed by atoms with Gasteiger partial charge < -0.3 is 24.6 Å². The lowest BCUT2D eigenvalue weighted by atomic mass is 10.0. The Kier molecular flexibility index (Phi) is 8.02. The highest BCUT2D eigenvalue weighted by molar-refractivity contribution is 5.68. The summed E-state index contributed by atoms with van der Waals surface area (Å²) in [6, 6.07) is 9.23. The van der Waals surface area contributed by atoms with Crippen molar-refractivity contribution in [1.82, 2.24) is 5.32 Å². The van der Waals surface area contributed by atoms with Crippen LogP contribution in [0.25, 0.3) is 0 Å². The van der Waals surface area contributed by atoms with Crippen LogP contribution in [0.3, 0.4) is 0 Å². The van der Waals surface area contributed by atoms with E-state index < -0.39 is 23.8 Å². The molecule has 1 aromatic rings. The Bertz CT molecular complexity index is 458. The highest BCUT2D eigenvalue weighted by Gasteiger charge is 2.26. The third-order valence-electron chi connectivity index (χ3n) is 3.03. The summed E-state index contributed by atoms with van der Waals surface area (Å²) >= 11 is 0. The van der Waals surface area contributed by atoms with Gasteiger partial charge in [-0.15, -0.1) is 0 Å². The number of rotatable bonds is 8. The fraction of sp³-hybridized carbons (Fsp3) is 0.588. The van der Waals surface area contributed by atoms with E-state index in [1.807, 2.05) is 30.3 Å². The van der Waals surface area contributed by atoms with Gasteiger partial charge in [0.1, 0.15) is 18.5 Å². The zero-order chi connectivity index (χ0) is 17.3. The van der Waals surface area contributed by atoms with Gasteiger partial charge in [-0.25, -0.2) is 4.79 Å². The number of aliphatic hydroxyl groups excluding tert-OH is 1. The van der Waals surface area contributed by atoms with Gasteiger partial charge >= 0.3 is 6.09 Å². The van der Waals surface area contributed by atoms with E-state index in [0.717, 1.165) is 5.56 Å². The lowest BCUT2D eigenvalue weighted by Gasteiger charge is -2.28. The standard InChI is InChI=1S/C17H27NO5/c1-17(2,3)23-16(20)18-14(15(11-19)22-12-21-4)10-13-8-6-5-7-9-13/h5-9,14-15,19H,10-12H2,1-4H3,(H,18,20)/t14-,15+/m1/s1. The average molecular weight is 325 g/mol. The van der Waals surface area contributed by atoms with Gasteiger partial charge in [-0.05, 0) is 32.8 Å². The molecule has 0 spiro atoms. The van der Waals surface area contributed by atoms with E-state index in [0.29, 0.717) is 6.42 Å². The number of alkyl carbamates (subject to hydrolysis) is 1. The SMILES string of the molecule is COCO[C@@H](CO)[C@@H](Cc1ccccc1)NC(=O)OC(C)(C)C. The van der Waals surface area contributed by atoms with Crippen LogP contribution in [0.4, 0.5) is 4.79 Å². The van der Waals surface area contributed by atoms with Crippen LogP contribution >= 0.6 is 0 Å². The Morgan fingerprint density at radius 1 is 1.26 bits per heavy atom. The summed E-state index contributed by atoms with van der Waals surface area (Å²) in [4.78, 5) is 12.1. The van der Waals surface area contributed by atoms with Crippen molar-refractivity contribution in [1.29, 1.82) is 0 Å². The van der Waals surface area contributed by atoms with Crippen molar-refractivity contribution in [3.05, 3.63) is 35.9 Å². The second kappa shape index (κ2) is 9.50. The zero-order valence-corrected chi connectivity index (χ0v) is 14.2. The molecule has 0 saturated carbocycles. The molecule has 0 radical (unpaired) electrons. The van der Waals surface area contributed by atoms with Crippen LogP contribution in [0.15, 0.2) is 30.3 Å². The molecule has 0 aromatic heterocycles. The van der Waals surface area contributed by atoms with Crippen LogP contribution in [-0.4, -0.2) is 49.5 Å². The van der Waals surface area contributed by atoms with Gasteiger partial charge in [-0.2, -0.15) is 0 Å². The van der Waals surface area contributed by atoms with Crippen LogP contribution in [0, 0.1) is 0 Å². The minimum atomic E-state index is -0.595. The van der Waals surface area contributed by atoms with Crippen molar-refractivity contribution >= 4 is 6.09 Å². The molecule has 1 aromatic carbocycles. The molecule has 0 aliphatic heterocycles. The van der Waals surface area contributed by atoms with E-state index in [-0.39, 0.29) is 13.4 Å². The van der Waals surface area contributed by atoms with E-state index in [9.17, 15) is 9.90 Å². The zero-order valence-electron chi connectivity index (χ0n) is 14.2. The molecule has 0 fully saturated rings. The molecule has 1 rings (SSSR count). The first-order valence-electron chi connectivity index (χ1n) is 7.60. The molecule has 0 aliphatic rings. The number of methoxy groups -OCH3 is 1. The molecule has 0 bridgehead atoms. The summed E-state index contributed by atoms with van der Waals surface area (Å²) < 4.78 is 15.6. The number of hydrogen-bond acceptors (Lipinski definition) is 5. The topological polar surface area (TPSA) is 77.0 Å². The van der Waals surface area contributed by atoms with Gasteiger partial charge in [0.15, 0.2) is 0 Å². The molecular formula is C17H27NO5. The second-order valence-corrected chi connectivity index (χ2v) is 6.24. The van der Waals surface area contributed by atoms with Crippen molar-refractivity contribution in [2.24, 2.45) is 0 Å². The number of benzene rings is 1. The Hall–Kier alpha value is -1.63. The average Bonchev–Trinajstić information content (AvgIpc) is 2.47. The van der Waals surface area contributed by atoms with E-state index in [2.05, 4.69) is 5.32 Å². The van der Waals surface area contributed by atoms with E-state index in [1.165, 1.54) is 7.11 Å². The Morgan fingerprint density at radius 3 is 2.43 bits per heavy atom. The van der Waals surface area contributed by atoms with Gasteiger partial charge in [0.25, 0.3) is 0 Å². The van der Waals surface area contributed by atoms with Gasteiger partial charge in [0, 0.05) is 7.11 Å². The summed E-state index contributed by atoms with van der Waals surface area (Å²) in [5.41, 5.74) is 0.428. The first-order valence-corrected chi connectivity index (χ1v) is 7.60. The normalized spacial score (nSPS) is 14.1. The van der Waals surface area contributed by atoms with E-state index >= 15 is 0 Å². The molecule has 6 nitrogen and oxygen atoms in total. The molecule has 6 heteroatoms. The summed E-state index contributed by atoms with van der Waals surface area (Å²) in [5, 5.41) is 12.4. The molecule has 2 N–H and O–H groups in total. The molecule has 1 amide bonds. The Balaban J connectivity index is 2.80. The first-order chi connectivity index (χ1) is 10.9. The van der Waals surface area contributed by atoms with Crippen molar-refractivity contribution in [2.75, 3.05) is 20.5 Å². The summed E-state index contributed by atoms with van der Waals surface area (Å²) in [6.45, 7) is 5.18. The molecule has 23 heavy (non-hydrogen) atoms. The van der Waals surface area contributed by atoms with Crippen molar-refractivity contribution in [3.8, 4) is 0 Å². The van der Waals surface area contributed by atoms with Crippen LogP contribution < -0.4 is 5.32 Å². The van der Waals surface area contributed by atoms with Crippen LogP contribution in [0.1, 0.15) is 26.3 Å². The number of amides is 1.